The lowest BCUT2D eigenvalue weighted by Crippen LogP contribution is -2.28. The van der Waals surface area contributed by atoms with E-state index in [1.807, 2.05) is 48.5 Å². The van der Waals surface area contributed by atoms with E-state index in [0.29, 0.717) is 6.61 Å². The van der Waals surface area contributed by atoms with Gasteiger partial charge >= 0.3 is 7.12 Å². The second-order valence-electron chi connectivity index (χ2n) is 4.07. The minimum absolute atomic E-state index is 0.488. The lowest BCUT2D eigenvalue weighted by Gasteiger charge is -2.07. The number of anilines is 2. The first-order chi connectivity index (χ1) is 8.33. The number of nitrogens with one attached hydrogen (secondary N) is 1. The topological polar surface area (TPSA) is 41.5 Å². The average Bonchev–Trinajstić information content (AvgIpc) is 2.73. The van der Waals surface area contributed by atoms with E-state index in [1.165, 1.54) is 0 Å². The number of benzene rings is 2. The van der Waals surface area contributed by atoms with Gasteiger partial charge in [-0.05, 0) is 35.3 Å². The van der Waals surface area contributed by atoms with Gasteiger partial charge in [0, 0.05) is 11.4 Å². The minimum Gasteiger partial charge on any atom is -0.423 e. The maximum absolute atomic E-state index is 9.62. The van der Waals surface area contributed by atoms with E-state index in [0.717, 1.165) is 22.4 Å². The van der Waals surface area contributed by atoms with Crippen molar-refractivity contribution in [3.63, 3.8) is 0 Å². The molecule has 0 amide bonds. The Kier molecular flexibility index (Phi) is 2.59. The van der Waals surface area contributed by atoms with Gasteiger partial charge in [-0.2, -0.15) is 0 Å². The largest absolute Gasteiger partial charge is 0.491 e. The van der Waals surface area contributed by atoms with Gasteiger partial charge in [0.15, 0.2) is 0 Å². The maximum Gasteiger partial charge on any atom is 0.491 e. The number of fused-ring (bicyclic) bond motifs is 1. The first kappa shape index (κ1) is 10.4. The molecule has 3 nitrogen and oxygen atoms in total. The van der Waals surface area contributed by atoms with Crippen LogP contribution in [0.3, 0.4) is 0 Å². The number of hydrogen-bond donors (Lipinski definition) is 2. The molecule has 1 heterocycles. The van der Waals surface area contributed by atoms with Crippen LogP contribution in [0.15, 0.2) is 48.5 Å². The molecule has 4 heteroatoms. The molecule has 0 radical (unpaired) electrons. The molecule has 0 atom stereocenters. The van der Waals surface area contributed by atoms with Crippen LogP contribution in [0.25, 0.3) is 0 Å². The molecular formula is C13H12BNO2. The van der Waals surface area contributed by atoms with Crippen LogP contribution in [-0.2, 0) is 11.3 Å². The van der Waals surface area contributed by atoms with E-state index in [-0.39, 0.29) is 0 Å². The quantitative estimate of drug-likeness (QED) is 0.763. The molecule has 3 rings (SSSR count). The van der Waals surface area contributed by atoms with Crippen molar-refractivity contribution in [1.82, 2.24) is 0 Å². The van der Waals surface area contributed by atoms with Crippen molar-refractivity contribution < 1.29 is 9.68 Å². The van der Waals surface area contributed by atoms with E-state index in [2.05, 4.69) is 5.32 Å². The fourth-order valence-electron chi connectivity index (χ4n) is 1.98. The van der Waals surface area contributed by atoms with Gasteiger partial charge in [-0.3, -0.25) is 0 Å². The third-order valence-corrected chi connectivity index (χ3v) is 2.87. The summed E-state index contributed by atoms with van der Waals surface area (Å²) in [5.41, 5.74) is 3.89. The summed E-state index contributed by atoms with van der Waals surface area (Å²) >= 11 is 0. The molecule has 2 N–H and O–H groups in total. The van der Waals surface area contributed by atoms with E-state index in [1.54, 1.807) is 0 Å². The molecule has 1 aliphatic heterocycles. The SMILES string of the molecule is OB1OCc2ccc(Nc3ccccc3)cc21. The van der Waals surface area contributed by atoms with Crippen molar-refractivity contribution >= 4 is 24.0 Å². The molecule has 2 aromatic rings. The highest BCUT2D eigenvalue weighted by Crippen LogP contribution is 2.18. The Morgan fingerprint density at radius 1 is 1.06 bits per heavy atom. The highest BCUT2D eigenvalue weighted by molar-refractivity contribution is 6.61. The molecule has 2 aromatic carbocycles. The fraction of sp³-hybridized carbons (Fsp3) is 0.0769. The van der Waals surface area contributed by atoms with Crippen LogP contribution in [0.4, 0.5) is 11.4 Å². The zero-order chi connectivity index (χ0) is 11.7. The summed E-state index contributed by atoms with van der Waals surface area (Å²) in [4.78, 5) is 0. The van der Waals surface area contributed by atoms with Crippen LogP contribution in [0, 0.1) is 0 Å². The highest BCUT2D eigenvalue weighted by Gasteiger charge is 2.27. The summed E-state index contributed by atoms with van der Waals surface area (Å²) < 4.78 is 5.16. The fourth-order valence-corrected chi connectivity index (χ4v) is 1.98. The molecule has 0 aromatic heterocycles. The second kappa shape index (κ2) is 4.24. The molecule has 0 saturated heterocycles. The summed E-state index contributed by atoms with van der Waals surface area (Å²) in [6, 6.07) is 15.8. The Bertz CT molecular complexity index is 530. The summed E-state index contributed by atoms with van der Waals surface area (Å²) in [5, 5.41) is 12.9. The average molecular weight is 225 g/mol. The predicted octanol–water partition coefficient (Wildman–Crippen LogP) is 1.65. The number of rotatable bonds is 2. The second-order valence-corrected chi connectivity index (χ2v) is 4.07. The number of para-hydroxylation sites is 1. The van der Waals surface area contributed by atoms with Crippen LogP contribution in [-0.4, -0.2) is 12.1 Å². The molecule has 0 spiro atoms. The Labute approximate surface area is 100 Å². The van der Waals surface area contributed by atoms with Gasteiger partial charge in [-0.25, -0.2) is 0 Å². The molecule has 1 aliphatic rings. The lowest BCUT2D eigenvalue weighted by atomic mass is 9.79. The Morgan fingerprint density at radius 3 is 2.71 bits per heavy atom. The van der Waals surface area contributed by atoms with Gasteiger partial charge in [-0.1, -0.05) is 24.3 Å². The third-order valence-electron chi connectivity index (χ3n) is 2.87. The smallest absolute Gasteiger partial charge is 0.423 e. The monoisotopic (exact) mass is 225 g/mol. The summed E-state index contributed by atoms with van der Waals surface area (Å²) in [6.45, 7) is 0.488. The van der Waals surface area contributed by atoms with Crippen LogP contribution in [0.2, 0.25) is 0 Å². The Balaban J connectivity index is 1.88. The van der Waals surface area contributed by atoms with Gasteiger partial charge < -0.3 is 15.0 Å². The van der Waals surface area contributed by atoms with Crippen molar-refractivity contribution in [2.75, 3.05) is 5.32 Å². The summed E-state index contributed by atoms with van der Waals surface area (Å²) in [6.07, 6.45) is 0. The highest BCUT2D eigenvalue weighted by atomic mass is 16.5. The molecule has 0 saturated carbocycles. The molecule has 0 unspecified atom stereocenters. The van der Waals surface area contributed by atoms with Gasteiger partial charge in [-0.15, -0.1) is 0 Å². The lowest BCUT2D eigenvalue weighted by molar-refractivity contribution is 0.275. The van der Waals surface area contributed by atoms with Crippen molar-refractivity contribution in [3.8, 4) is 0 Å². The van der Waals surface area contributed by atoms with Crippen LogP contribution in [0.5, 0.6) is 0 Å². The standard InChI is InChI=1S/C13H12BNO2/c16-14-13-8-12(7-6-10(13)9-17-14)15-11-4-2-1-3-5-11/h1-8,15-16H,9H2. The van der Waals surface area contributed by atoms with E-state index < -0.39 is 7.12 Å². The Morgan fingerprint density at radius 2 is 1.88 bits per heavy atom. The molecule has 84 valence electrons. The molecule has 0 aliphatic carbocycles. The minimum atomic E-state index is -0.789. The van der Waals surface area contributed by atoms with Crippen LogP contribution in [0.1, 0.15) is 5.56 Å². The van der Waals surface area contributed by atoms with Crippen LogP contribution >= 0.6 is 0 Å². The Hall–Kier alpha value is -1.78. The zero-order valence-corrected chi connectivity index (χ0v) is 9.26. The first-order valence-corrected chi connectivity index (χ1v) is 5.57. The summed E-state index contributed by atoms with van der Waals surface area (Å²) in [7, 11) is -0.789. The van der Waals surface area contributed by atoms with E-state index >= 15 is 0 Å². The summed E-state index contributed by atoms with van der Waals surface area (Å²) in [5.74, 6) is 0. The first-order valence-electron chi connectivity index (χ1n) is 5.57. The normalized spacial score (nSPS) is 13.6. The molecule has 0 bridgehead atoms. The van der Waals surface area contributed by atoms with Crippen molar-refractivity contribution in [3.05, 3.63) is 54.1 Å². The van der Waals surface area contributed by atoms with Crippen molar-refractivity contribution in [2.45, 2.75) is 6.61 Å². The van der Waals surface area contributed by atoms with Crippen LogP contribution < -0.4 is 10.8 Å². The molecule has 0 fully saturated rings. The van der Waals surface area contributed by atoms with E-state index in [9.17, 15) is 5.02 Å². The maximum atomic E-state index is 9.62. The van der Waals surface area contributed by atoms with Crippen molar-refractivity contribution in [2.24, 2.45) is 0 Å². The van der Waals surface area contributed by atoms with E-state index in [4.69, 9.17) is 4.65 Å². The number of hydrogen-bond acceptors (Lipinski definition) is 3. The molecule has 17 heavy (non-hydrogen) atoms. The predicted molar refractivity (Wildman–Crippen MR) is 68.6 cm³/mol. The zero-order valence-electron chi connectivity index (χ0n) is 9.26. The van der Waals surface area contributed by atoms with Gasteiger partial charge in [0.25, 0.3) is 0 Å². The van der Waals surface area contributed by atoms with Gasteiger partial charge in [0.2, 0.25) is 0 Å². The molecular weight excluding hydrogens is 213 g/mol. The van der Waals surface area contributed by atoms with Gasteiger partial charge in [0.1, 0.15) is 0 Å². The third kappa shape index (κ3) is 2.05. The van der Waals surface area contributed by atoms with Crippen molar-refractivity contribution in [1.29, 1.82) is 0 Å². The van der Waals surface area contributed by atoms with Gasteiger partial charge in [0.05, 0.1) is 6.61 Å².